The van der Waals surface area contributed by atoms with Gasteiger partial charge in [-0.15, -0.1) is 0 Å². The largest absolute Gasteiger partial charge is 0.463 e. The molecule has 2 aliphatic heterocycles. The smallest absolute Gasteiger partial charge is 0.338 e. The van der Waals surface area contributed by atoms with Gasteiger partial charge in [0.2, 0.25) is 6.79 Å². The molecule has 0 spiro atoms. The predicted octanol–water partition coefficient (Wildman–Crippen LogP) is 1.48. The number of ether oxygens (including phenoxy) is 4. The average Bonchev–Trinajstić information content (AvgIpc) is 3.13. The summed E-state index contributed by atoms with van der Waals surface area (Å²) in [4.78, 5) is 36.5. The Morgan fingerprint density at radius 3 is 2.67 bits per heavy atom. The quantitative estimate of drug-likeness (QED) is 0.723. The molecule has 9 nitrogen and oxygen atoms in total. The van der Waals surface area contributed by atoms with Crippen LogP contribution in [0.5, 0.6) is 11.5 Å². The third-order valence-electron chi connectivity index (χ3n) is 4.10. The van der Waals surface area contributed by atoms with Crippen molar-refractivity contribution >= 4 is 18.0 Å². The van der Waals surface area contributed by atoms with Gasteiger partial charge in [0, 0.05) is 0 Å². The fourth-order valence-corrected chi connectivity index (χ4v) is 2.82. The highest BCUT2D eigenvalue weighted by molar-refractivity contribution is 5.95. The van der Waals surface area contributed by atoms with Gasteiger partial charge in [-0.1, -0.05) is 6.92 Å². The fraction of sp³-hybridized carbons (Fsp3) is 0.389. The lowest BCUT2D eigenvalue weighted by atomic mass is 10.0. The zero-order chi connectivity index (χ0) is 19.4. The first kappa shape index (κ1) is 18.6. The van der Waals surface area contributed by atoms with Crippen molar-refractivity contribution in [2.75, 3.05) is 20.0 Å². The molecule has 0 bridgehead atoms. The number of hydrogen-bond acceptors (Lipinski definition) is 7. The number of amides is 2. The number of urea groups is 1. The van der Waals surface area contributed by atoms with Crippen LogP contribution in [0.25, 0.3) is 0 Å². The van der Waals surface area contributed by atoms with Crippen LogP contribution in [0.15, 0.2) is 29.5 Å². The molecule has 1 aromatic rings. The van der Waals surface area contributed by atoms with Crippen molar-refractivity contribution in [1.29, 1.82) is 0 Å². The zero-order valence-electron chi connectivity index (χ0n) is 15.0. The summed E-state index contributed by atoms with van der Waals surface area (Å²) in [5.41, 5.74) is 0.723. The van der Waals surface area contributed by atoms with Gasteiger partial charge in [-0.3, -0.25) is 0 Å². The molecule has 0 aliphatic carbocycles. The van der Waals surface area contributed by atoms with Crippen LogP contribution < -0.4 is 20.1 Å². The summed E-state index contributed by atoms with van der Waals surface area (Å²) in [5, 5.41) is 5.18. The number of esters is 2. The second-order valence-electron chi connectivity index (χ2n) is 5.82. The van der Waals surface area contributed by atoms with Crippen LogP contribution in [0.3, 0.4) is 0 Å². The Morgan fingerprint density at radius 2 is 1.93 bits per heavy atom. The maximum Gasteiger partial charge on any atom is 0.338 e. The maximum absolute atomic E-state index is 12.3. The fourth-order valence-electron chi connectivity index (χ4n) is 2.82. The molecule has 0 fully saturated rings. The minimum atomic E-state index is -0.621. The highest BCUT2D eigenvalue weighted by Crippen LogP contribution is 2.32. The summed E-state index contributed by atoms with van der Waals surface area (Å²) in [6, 6.07) is 3.69. The van der Waals surface area contributed by atoms with Crippen molar-refractivity contribution in [3.8, 4) is 11.5 Å². The number of carbonyl (C=O) groups excluding carboxylic acids is 3. The van der Waals surface area contributed by atoms with Gasteiger partial charge >= 0.3 is 18.0 Å². The van der Waals surface area contributed by atoms with E-state index >= 15 is 0 Å². The summed E-state index contributed by atoms with van der Waals surface area (Å²) >= 11 is 0. The predicted molar refractivity (Wildman–Crippen MR) is 92.3 cm³/mol. The molecule has 2 heterocycles. The summed E-state index contributed by atoms with van der Waals surface area (Å²) < 4.78 is 20.8. The first-order valence-corrected chi connectivity index (χ1v) is 8.57. The molecule has 9 heteroatoms. The number of hydrogen-bond donors (Lipinski definition) is 2. The Balaban J connectivity index is 1.77. The normalized spacial score (nSPS) is 17.9. The number of rotatable bonds is 6. The van der Waals surface area contributed by atoms with Crippen molar-refractivity contribution < 1.29 is 33.3 Å². The Kier molecular flexibility index (Phi) is 5.49. The second kappa shape index (κ2) is 7.98. The first-order valence-electron chi connectivity index (χ1n) is 8.57. The van der Waals surface area contributed by atoms with E-state index in [9.17, 15) is 14.4 Å². The van der Waals surface area contributed by atoms with Crippen molar-refractivity contribution in [2.24, 2.45) is 0 Å². The molecule has 0 radical (unpaired) electrons. The van der Waals surface area contributed by atoms with Crippen LogP contribution in [0, 0.1) is 0 Å². The standard InChI is InChI=1S/C18H20N2O7/c1-3-11-15(17(22)24-4-2)12(20-18(23)19-11)8-25-16(21)10-5-6-13-14(7-10)27-9-26-13/h5-7,11H,3-4,8-9H2,1-2H3,(H2,19,20,23)/t11-/m0/s1. The number of nitrogens with one attached hydrogen (secondary N) is 2. The maximum atomic E-state index is 12.3. The van der Waals surface area contributed by atoms with E-state index in [2.05, 4.69) is 10.6 Å². The minimum Gasteiger partial charge on any atom is -0.463 e. The van der Waals surface area contributed by atoms with E-state index < -0.39 is 24.0 Å². The first-order chi connectivity index (χ1) is 13.0. The van der Waals surface area contributed by atoms with Crippen molar-refractivity contribution in [2.45, 2.75) is 26.3 Å². The molecular formula is C18H20N2O7. The monoisotopic (exact) mass is 376 g/mol. The van der Waals surface area contributed by atoms with Gasteiger partial charge in [0.05, 0.1) is 29.5 Å². The van der Waals surface area contributed by atoms with Crippen molar-refractivity contribution in [3.63, 3.8) is 0 Å². The molecule has 1 atom stereocenters. The van der Waals surface area contributed by atoms with E-state index in [1.165, 1.54) is 6.07 Å². The average molecular weight is 376 g/mol. The molecule has 3 rings (SSSR count). The van der Waals surface area contributed by atoms with Crippen LogP contribution in [-0.2, 0) is 14.3 Å². The molecule has 1 aromatic carbocycles. The molecular weight excluding hydrogens is 356 g/mol. The van der Waals surface area contributed by atoms with E-state index in [1.54, 1.807) is 19.1 Å². The molecule has 0 saturated carbocycles. The molecule has 0 saturated heterocycles. The lowest BCUT2D eigenvalue weighted by molar-refractivity contribution is -0.139. The number of carbonyl (C=O) groups is 3. The minimum absolute atomic E-state index is 0.0983. The molecule has 0 aromatic heterocycles. The van der Waals surface area contributed by atoms with Gasteiger partial charge in [-0.05, 0) is 31.5 Å². The highest BCUT2D eigenvalue weighted by Gasteiger charge is 2.32. The van der Waals surface area contributed by atoms with E-state index in [-0.39, 0.29) is 36.8 Å². The summed E-state index contributed by atoms with van der Waals surface area (Å²) in [5.74, 6) is -0.178. The van der Waals surface area contributed by atoms with Gasteiger partial charge < -0.3 is 29.6 Å². The third kappa shape index (κ3) is 3.97. The number of fused-ring (bicyclic) bond motifs is 1. The lowest BCUT2D eigenvalue weighted by Crippen LogP contribution is -2.51. The van der Waals surface area contributed by atoms with Crippen LogP contribution in [0.4, 0.5) is 4.79 Å². The third-order valence-corrected chi connectivity index (χ3v) is 4.10. The Hall–Kier alpha value is -3.23. The number of benzene rings is 1. The molecule has 144 valence electrons. The molecule has 2 amide bonds. The lowest BCUT2D eigenvalue weighted by Gasteiger charge is -2.28. The van der Waals surface area contributed by atoms with Crippen LogP contribution in [-0.4, -0.2) is 44.0 Å². The van der Waals surface area contributed by atoms with Gasteiger partial charge in [0.1, 0.15) is 6.61 Å². The SMILES string of the molecule is CCOC(=O)C1=C(COC(=O)c2ccc3c(c2)OCO3)NC(=O)N[C@H]1CC. The molecule has 2 aliphatic rings. The topological polar surface area (TPSA) is 112 Å². The van der Waals surface area contributed by atoms with E-state index in [1.807, 2.05) is 6.92 Å². The zero-order valence-corrected chi connectivity index (χ0v) is 15.0. The summed E-state index contributed by atoms with van der Waals surface area (Å²) in [6.45, 7) is 3.53. The Morgan fingerprint density at radius 1 is 1.15 bits per heavy atom. The van der Waals surface area contributed by atoms with Gasteiger partial charge in [-0.25, -0.2) is 14.4 Å². The highest BCUT2D eigenvalue weighted by atomic mass is 16.7. The molecule has 2 N–H and O–H groups in total. The van der Waals surface area contributed by atoms with E-state index in [0.717, 1.165) is 0 Å². The summed E-state index contributed by atoms with van der Waals surface area (Å²) in [7, 11) is 0. The molecule has 0 unspecified atom stereocenters. The van der Waals surface area contributed by atoms with Crippen LogP contribution in [0.2, 0.25) is 0 Å². The van der Waals surface area contributed by atoms with E-state index in [4.69, 9.17) is 18.9 Å². The molecule has 27 heavy (non-hydrogen) atoms. The van der Waals surface area contributed by atoms with Gasteiger partial charge in [-0.2, -0.15) is 0 Å². The Bertz CT molecular complexity index is 803. The van der Waals surface area contributed by atoms with Gasteiger partial charge in [0.15, 0.2) is 11.5 Å². The van der Waals surface area contributed by atoms with Crippen LogP contribution >= 0.6 is 0 Å². The van der Waals surface area contributed by atoms with E-state index in [0.29, 0.717) is 17.9 Å². The Labute approximate surface area is 155 Å². The van der Waals surface area contributed by atoms with Crippen molar-refractivity contribution in [1.82, 2.24) is 10.6 Å². The summed E-state index contributed by atoms with van der Waals surface area (Å²) in [6.07, 6.45) is 0.487. The van der Waals surface area contributed by atoms with Crippen molar-refractivity contribution in [3.05, 3.63) is 35.0 Å². The second-order valence-corrected chi connectivity index (χ2v) is 5.82. The van der Waals surface area contributed by atoms with Crippen LogP contribution in [0.1, 0.15) is 30.6 Å². The van der Waals surface area contributed by atoms with Gasteiger partial charge in [0.25, 0.3) is 0 Å².